The number of hydrogen-bond acceptors (Lipinski definition) is 3. The highest BCUT2D eigenvalue weighted by molar-refractivity contribution is 5.67. The van der Waals surface area contributed by atoms with Gasteiger partial charge in [-0.25, -0.2) is 4.79 Å². The molecule has 0 heterocycles. The Labute approximate surface area is 101 Å². The molecule has 0 aliphatic heterocycles. The molecular formula is C13H16N2O2. The van der Waals surface area contributed by atoms with Crippen molar-refractivity contribution in [1.82, 2.24) is 4.90 Å². The molecule has 0 aliphatic carbocycles. The summed E-state index contributed by atoms with van der Waals surface area (Å²) in [4.78, 5) is 12.7. The van der Waals surface area contributed by atoms with E-state index in [0.29, 0.717) is 0 Å². The van der Waals surface area contributed by atoms with Gasteiger partial charge in [-0.1, -0.05) is 23.8 Å². The van der Waals surface area contributed by atoms with Crippen LogP contribution in [0.25, 0.3) is 0 Å². The number of hydrogen-bond donors (Lipinski definition) is 0. The van der Waals surface area contributed by atoms with E-state index in [0.717, 1.165) is 11.1 Å². The first kappa shape index (κ1) is 13.0. The van der Waals surface area contributed by atoms with Gasteiger partial charge < -0.3 is 4.74 Å². The Hall–Kier alpha value is -2.02. The highest BCUT2D eigenvalue weighted by Gasteiger charge is 2.09. The van der Waals surface area contributed by atoms with Crippen LogP contribution in [0.4, 0.5) is 4.79 Å². The number of nitriles is 1. The molecule has 4 heteroatoms. The number of aryl methyl sites for hydroxylation is 2. The van der Waals surface area contributed by atoms with E-state index in [4.69, 9.17) is 10.00 Å². The molecule has 0 saturated heterocycles. The van der Waals surface area contributed by atoms with Crippen molar-refractivity contribution in [3.8, 4) is 6.07 Å². The van der Waals surface area contributed by atoms with Crippen molar-refractivity contribution in [2.24, 2.45) is 0 Å². The fourth-order valence-electron chi connectivity index (χ4n) is 1.43. The smallest absolute Gasteiger partial charge is 0.410 e. The number of nitrogens with zero attached hydrogens (tertiary/aromatic N) is 2. The highest BCUT2D eigenvalue weighted by Crippen LogP contribution is 2.12. The maximum Gasteiger partial charge on any atom is 0.410 e. The Morgan fingerprint density at radius 1 is 1.47 bits per heavy atom. The van der Waals surface area contributed by atoms with E-state index in [1.165, 1.54) is 17.5 Å². The van der Waals surface area contributed by atoms with Gasteiger partial charge in [-0.05, 0) is 25.0 Å². The van der Waals surface area contributed by atoms with Crippen LogP contribution in [0.2, 0.25) is 0 Å². The number of benzene rings is 1. The summed E-state index contributed by atoms with van der Waals surface area (Å²) in [6.07, 6.45) is -0.480. The zero-order valence-corrected chi connectivity index (χ0v) is 10.4. The molecule has 0 spiro atoms. The minimum absolute atomic E-state index is 0.0334. The molecule has 0 radical (unpaired) electrons. The molecule has 4 nitrogen and oxygen atoms in total. The Bertz CT molecular complexity index is 449. The van der Waals surface area contributed by atoms with Gasteiger partial charge in [0.2, 0.25) is 0 Å². The van der Waals surface area contributed by atoms with E-state index in [2.05, 4.69) is 0 Å². The molecule has 0 bridgehead atoms. The van der Waals surface area contributed by atoms with Crippen LogP contribution in [0.15, 0.2) is 18.2 Å². The van der Waals surface area contributed by atoms with Crippen molar-refractivity contribution < 1.29 is 9.53 Å². The Morgan fingerprint density at radius 3 is 2.76 bits per heavy atom. The number of carbonyl (C=O) groups excluding carboxylic acids is 1. The molecule has 1 amide bonds. The first-order valence-corrected chi connectivity index (χ1v) is 5.35. The van der Waals surface area contributed by atoms with Crippen LogP contribution in [0.5, 0.6) is 0 Å². The number of amides is 1. The molecule has 0 N–H and O–H groups in total. The maximum atomic E-state index is 11.4. The second kappa shape index (κ2) is 5.90. The van der Waals surface area contributed by atoms with Crippen LogP contribution in [0.3, 0.4) is 0 Å². The minimum Gasteiger partial charge on any atom is -0.445 e. The molecule has 0 atom stereocenters. The number of rotatable bonds is 3. The van der Waals surface area contributed by atoms with Gasteiger partial charge in [0.15, 0.2) is 0 Å². The van der Waals surface area contributed by atoms with Crippen LogP contribution in [-0.2, 0) is 11.3 Å². The lowest BCUT2D eigenvalue weighted by atomic mass is 10.1. The predicted octanol–water partition coefficient (Wildman–Crippen LogP) is 2.40. The Balaban J connectivity index is 2.56. The average Bonchev–Trinajstić information content (AvgIpc) is 2.27. The van der Waals surface area contributed by atoms with E-state index in [9.17, 15) is 4.79 Å². The summed E-state index contributed by atoms with van der Waals surface area (Å²) < 4.78 is 5.10. The van der Waals surface area contributed by atoms with Crippen molar-refractivity contribution >= 4 is 6.09 Å². The monoisotopic (exact) mass is 232 g/mol. The summed E-state index contributed by atoms with van der Waals surface area (Å²) >= 11 is 0. The first-order valence-electron chi connectivity index (χ1n) is 5.35. The second-order valence-corrected chi connectivity index (χ2v) is 4.00. The normalized spacial score (nSPS) is 9.53. The van der Waals surface area contributed by atoms with Gasteiger partial charge in [-0.2, -0.15) is 5.26 Å². The van der Waals surface area contributed by atoms with Gasteiger partial charge in [-0.3, -0.25) is 4.90 Å². The molecule has 1 aromatic carbocycles. The molecule has 0 aliphatic rings. The summed E-state index contributed by atoms with van der Waals surface area (Å²) in [7, 11) is 1.54. The van der Waals surface area contributed by atoms with Crippen LogP contribution >= 0.6 is 0 Å². The molecular weight excluding hydrogens is 216 g/mol. The largest absolute Gasteiger partial charge is 0.445 e. The quantitative estimate of drug-likeness (QED) is 0.752. The van der Waals surface area contributed by atoms with Crippen molar-refractivity contribution in [2.45, 2.75) is 20.5 Å². The van der Waals surface area contributed by atoms with E-state index >= 15 is 0 Å². The van der Waals surface area contributed by atoms with E-state index in [1.807, 2.05) is 38.1 Å². The van der Waals surface area contributed by atoms with Crippen LogP contribution < -0.4 is 0 Å². The van der Waals surface area contributed by atoms with Crippen LogP contribution in [-0.4, -0.2) is 24.6 Å². The lowest BCUT2D eigenvalue weighted by molar-refractivity contribution is 0.108. The molecule has 0 saturated carbocycles. The molecule has 1 aromatic rings. The first-order chi connectivity index (χ1) is 8.04. The van der Waals surface area contributed by atoms with Crippen LogP contribution in [0, 0.1) is 25.2 Å². The van der Waals surface area contributed by atoms with E-state index in [1.54, 1.807) is 0 Å². The fourth-order valence-corrected chi connectivity index (χ4v) is 1.43. The maximum absolute atomic E-state index is 11.4. The molecule has 1 rings (SSSR count). The van der Waals surface area contributed by atoms with Crippen molar-refractivity contribution in [2.75, 3.05) is 13.6 Å². The van der Waals surface area contributed by atoms with Crippen molar-refractivity contribution in [3.63, 3.8) is 0 Å². The third-order valence-electron chi connectivity index (χ3n) is 2.47. The van der Waals surface area contributed by atoms with Gasteiger partial charge >= 0.3 is 6.09 Å². The average molecular weight is 232 g/mol. The van der Waals surface area contributed by atoms with E-state index < -0.39 is 6.09 Å². The molecule has 90 valence electrons. The zero-order valence-electron chi connectivity index (χ0n) is 10.4. The SMILES string of the molecule is Cc1ccc(COC(=O)N(C)CC#N)c(C)c1. The zero-order chi connectivity index (χ0) is 12.8. The molecule has 0 aromatic heterocycles. The molecule has 0 unspecified atom stereocenters. The second-order valence-electron chi connectivity index (χ2n) is 4.00. The summed E-state index contributed by atoms with van der Waals surface area (Å²) in [5.74, 6) is 0. The predicted molar refractivity (Wildman–Crippen MR) is 64.3 cm³/mol. The lowest BCUT2D eigenvalue weighted by Gasteiger charge is -2.14. The van der Waals surface area contributed by atoms with Gasteiger partial charge in [0, 0.05) is 7.05 Å². The summed E-state index contributed by atoms with van der Waals surface area (Å²) in [5.41, 5.74) is 3.26. The van der Waals surface area contributed by atoms with Crippen LogP contribution in [0.1, 0.15) is 16.7 Å². The van der Waals surface area contributed by atoms with Gasteiger partial charge in [-0.15, -0.1) is 0 Å². The van der Waals surface area contributed by atoms with Gasteiger partial charge in [0.25, 0.3) is 0 Å². The summed E-state index contributed by atoms with van der Waals surface area (Å²) in [5, 5.41) is 8.45. The third kappa shape index (κ3) is 3.80. The minimum atomic E-state index is -0.480. The standard InChI is InChI=1S/C13H16N2O2/c1-10-4-5-12(11(2)8-10)9-17-13(16)15(3)7-6-14/h4-5,8H,7,9H2,1-3H3. The topological polar surface area (TPSA) is 53.3 Å². The summed E-state index contributed by atoms with van der Waals surface area (Å²) in [6.45, 7) is 4.27. The van der Waals surface area contributed by atoms with Crippen molar-refractivity contribution in [1.29, 1.82) is 5.26 Å². The lowest BCUT2D eigenvalue weighted by Crippen LogP contribution is -2.27. The van der Waals surface area contributed by atoms with Gasteiger partial charge in [0.05, 0.1) is 6.07 Å². The molecule has 0 fully saturated rings. The Kier molecular flexibility index (Phi) is 4.53. The fraction of sp³-hybridized carbons (Fsp3) is 0.385. The third-order valence-corrected chi connectivity index (χ3v) is 2.47. The number of carbonyl (C=O) groups is 1. The number of ether oxygens (including phenoxy) is 1. The summed E-state index contributed by atoms with van der Waals surface area (Å²) in [6, 6.07) is 7.86. The molecule has 17 heavy (non-hydrogen) atoms. The Morgan fingerprint density at radius 2 is 2.18 bits per heavy atom. The van der Waals surface area contributed by atoms with E-state index in [-0.39, 0.29) is 13.2 Å². The van der Waals surface area contributed by atoms with Crippen molar-refractivity contribution in [3.05, 3.63) is 34.9 Å². The van der Waals surface area contributed by atoms with Gasteiger partial charge in [0.1, 0.15) is 13.2 Å². The highest BCUT2D eigenvalue weighted by atomic mass is 16.6.